The summed E-state index contributed by atoms with van der Waals surface area (Å²) >= 11 is 0. The van der Waals surface area contributed by atoms with Crippen molar-refractivity contribution in [2.24, 2.45) is 17.8 Å². The number of hydrogen-bond acceptors (Lipinski definition) is 2. The largest absolute Gasteiger partial charge is 0.370 e. The van der Waals surface area contributed by atoms with Crippen LogP contribution in [0, 0.1) is 23.6 Å². The molecule has 2 nitrogen and oxygen atoms in total. The van der Waals surface area contributed by atoms with E-state index in [2.05, 4.69) is 28.9 Å². The highest BCUT2D eigenvalue weighted by Crippen LogP contribution is 2.48. The number of halogens is 1. The summed E-state index contributed by atoms with van der Waals surface area (Å²) in [6, 6.07) is 5.49. The van der Waals surface area contributed by atoms with Crippen LogP contribution in [0.1, 0.15) is 44.6 Å². The highest BCUT2D eigenvalue weighted by Gasteiger charge is 2.45. The highest BCUT2D eigenvalue weighted by atomic mass is 19.1. The van der Waals surface area contributed by atoms with Crippen LogP contribution in [0.15, 0.2) is 30.4 Å². The molecule has 5 rings (SSSR count). The van der Waals surface area contributed by atoms with Crippen LogP contribution >= 0.6 is 0 Å². The van der Waals surface area contributed by atoms with Crippen LogP contribution in [-0.2, 0) is 5.41 Å². The Hall–Kier alpha value is -1.35. The molecule has 0 unspecified atom stereocenters. The minimum absolute atomic E-state index is 0.0716. The Kier molecular flexibility index (Phi) is 4.11. The normalized spacial score (nSPS) is 31.9. The predicted octanol–water partition coefficient (Wildman–Crippen LogP) is 4.60. The van der Waals surface area contributed by atoms with Crippen molar-refractivity contribution < 1.29 is 4.39 Å². The van der Waals surface area contributed by atoms with Gasteiger partial charge >= 0.3 is 0 Å². The highest BCUT2D eigenvalue weighted by molar-refractivity contribution is 5.63. The second-order valence-electron chi connectivity index (χ2n) is 9.20. The van der Waals surface area contributed by atoms with E-state index in [1.807, 2.05) is 12.1 Å². The lowest BCUT2D eigenvalue weighted by atomic mass is 9.74. The fourth-order valence-electron chi connectivity index (χ4n) is 6.24. The van der Waals surface area contributed by atoms with E-state index in [-0.39, 0.29) is 11.2 Å². The minimum atomic E-state index is -0.0716. The van der Waals surface area contributed by atoms with Crippen LogP contribution in [0.5, 0.6) is 0 Å². The lowest BCUT2D eigenvalue weighted by Gasteiger charge is -2.41. The molecule has 2 fully saturated rings. The SMILES string of the molecule is CCCN1CC2(CCN(C[C@H]3C[C@H]4C=C[C@H]3C4)CC2)c2cc(F)ccc21. The summed E-state index contributed by atoms with van der Waals surface area (Å²) in [5.74, 6) is 2.52. The summed E-state index contributed by atoms with van der Waals surface area (Å²) in [7, 11) is 0. The van der Waals surface area contributed by atoms with E-state index in [1.54, 1.807) is 6.07 Å². The zero-order chi connectivity index (χ0) is 17.7. The van der Waals surface area contributed by atoms with Crippen molar-refractivity contribution in [1.82, 2.24) is 4.90 Å². The van der Waals surface area contributed by atoms with E-state index in [0.717, 1.165) is 37.3 Å². The average Bonchev–Trinajstić information content (AvgIpc) is 3.32. The maximum Gasteiger partial charge on any atom is 0.123 e. The molecule has 3 heteroatoms. The van der Waals surface area contributed by atoms with Gasteiger partial charge in [-0.2, -0.15) is 0 Å². The third-order valence-electron chi connectivity index (χ3n) is 7.58. The summed E-state index contributed by atoms with van der Waals surface area (Å²) in [5, 5.41) is 0. The maximum absolute atomic E-state index is 14.0. The first kappa shape index (κ1) is 16.8. The molecular weight excluding hydrogens is 323 g/mol. The topological polar surface area (TPSA) is 6.48 Å². The van der Waals surface area contributed by atoms with Crippen LogP contribution in [0.4, 0.5) is 10.1 Å². The van der Waals surface area contributed by atoms with Crippen molar-refractivity contribution in [3.63, 3.8) is 0 Å². The molecule has 1 spiro atoms. The van der Waals surface area contributed by atoms with Crippen molar-refractivity contribution in [2.75, 3.05) is 37.6 Å². The molecule has 0 radical (unpaired) electrons. The summed E-state index contributed by atoms with van der Waals surface area (Å²) in [4.78, 5) is 5.21. The molecule has 0 amide bonds. The van der Waals surface area contributed by atoms with Crippen LogP contribution in [-0.4, -0.2) is 37.6 Å². The van der Waals surface area contributed by atoms with E-state index in [0.29, 0.717) is 0 Å². The van der Waals surface area contributed by atoms with Gasteiger partial charge in [0, 0.05) is 30.7 Å². The summed E-state index contributed by atoms with van der Waals surface area (Å²) in [5.41, 5.74) is 2.76. The lowest BCUT2D eigenvalue weighted by Crippen LogP contribution is -2.46. The average molecular weight is 355 g/mol. The fraction of sp³-hybridized carbons (Fsp3) is 0.652. The zero-order valence-electron chi connectivity index (χ0n) is 16.0. The number of rotatable bonds is 4. The smallest absolute Gasteiger partial charge is 0.123 e. The molecule has 2 bridgehead atoms. The van der Waals surface area contributed by atoms with Gasteiger partial charge in [-0.15, -0.1) is 0 Å². The van der Waals surface area contributed by atoms with Gasteiger partial charge in [-0.1, -0.05) is 19.1 Å². The second kappa shape index (κ2) is 6.37. The molecule has 1 saturated carbocycles. The van der Waals surface area contributed by atoms with Crippen molar-refractivity contribution in [1.29, 1.82) is 0 Å². The molecule has 0 N–H and O–H groups in total. The minimum Gasteiger partial charge on any atom is -0.370 e. The number of fused-ring (bicyclic) bond motifs is 4. The Morgan fingerprint density at radius 2 is 2.00 bits per heavy atom. The second-order valence-corrected chi connectivity index (χ2v) is 9.20. The first-order valence-electron chi connectivity index (χ1n) is 10.6. The molecule has 1 saturated heterocycles. The number of allylic oxidation sites excluding steroid dienone is 2. The van der Waals surface area contributed by atoms with Gasteiger partial charge < -0.3 is 9.80 Å². The third kappa shape index (κ3) is 2.70. The van der Waals surface area contributed by atoms with Crippen LogP contribution in [0.25, 0.3) is 0 Å². The molecule has 140 valence electrons. The van der Waals surface area contributed by atoms with Gasteiger partial charge in [-0.05, 0) is 86.7 Å². The molecule has 1 aromatic carbocycles. The van der Waals surface area contributed by atoms with Gasteiger partial charge in [0.2, 0.25) is 0 Å². The predicted molar refractivity (Wildman–Crippen MR) is 105 cm³/mol. The fourth-order valence-corrected chi connectivity index (χ4v) is 6.24. The number of nitrogens with zero attached hydrogens (tertiary/aromatic N) is 2. The maximum atomic E-state index is 14.0. The molecular formula is C23H31FN2. The Morgan fingerprint density at radius 3 is 2.69 bits per heavy atom. The van der Waals surface area contributed by atoms with Crippen LogP contribution < -0.4 is 4.90 Å². The first-order valence-corrected chi connectivity index (χ1v) is 10.6. The Balaban J connectivity index is 1.29. The molecule has 2 heterocycles. The number of benzene rings is 1. The summed E-state index contributed by atoms with van der Waals surface area (Å²) < 4.78 is 14.0. The number of hydrogen-bond donors (Lipinski definition) is 0. The quantitative estimate of drug-likeness (QED) is 0.729. The van der Waals surface area contributed by atoms with Gasteiger partial charge in [0.15, 0.2) is 0 Å². The lowest BCUT2D eigenvalue weighted by molar-refractivity contribution is 0.138. The molecule has 2 aliphatic carbocycles. The van der Waals surface area contributed by atoms with Crippen LogP contribution in [0.3, 0.4) is 0 Å². The molecule has 0 aromatic heterocycles. The molecule has 3 atom stereocenters. The van der Waals surface area contributed by atoms with E-state index in [1.165, 1.54) is 56.6 Å². The van der Waals surface area contributed by atoms with E-state index in [4.69, 9.17) is 0 Å². The summed E-state index contributed by atoms with van der Waals surface area (Å²) in [6.07, 6.45) is 11.2. The van der Waals surface area contributed by atoms with Gasteiger partial charge in [0.05, 0.1) is 0 Å². The van der Waals surface area contributed by atoms with E-state index < -0.39 is 0 Å². The molecule has 26 heavy (non-hydrogen) atoms. The Bertz CT molecular complexity index is 704. The van der Waals surface area contributed by atoms with Crippen molar-refractivity contribution >= 4 is 5.69 Å². The monoisotopic (exact) mass is 354 g/mol. The van der Waals surface area contributed by atoms with Gasteiger partial charge in [-0.25, -0.2) is 4.39 Å². The number of anilines is 1. The molecule has 2 aliphatic heterocycles. The zero-order valence-corrected chi connectivity index (χ0v) is 16.0. The number of likely N-dealkylation sites (tertiary alicyclic amines) is 1. The van der Waals surface area contributed by atoms with E-state index >= 15 is 0 Å². The third-order valence-corrected chi connectivity index (χ3v) is 7.58. The Morgan fingerprint density at radius 1 is 1.15 bits per heavy atom. The standard InChI is InChI=1S/C23H31FN2/c1-2-9-26-16-23(21-14-20(24)5-6-22(21)26)7-10-25(11-8-23)15-19-13-17-3-4-18(19)12-17/h3-6,14,17-19H,2,7-13,15-16H2,1H3/t17-,18-,19+/m0/s1. The summed E-state index contributed by atoms with van der Waals surface area (Å²) in [6.45, 7) is 8.03. The van der Waals surface area contributed by atoms with Crippen molar-refractivity contribution in [2.45, 2.75) is 44.4 Å². The van der Waals surface area contributed by atoms with Crippen molar-refractivity contribution in [3.8, 4) is 0 Å². The van der Waals surface area contributed by atoms with Gasteiger partial charge in [0.25, 0.3) is 0 Å². The van der Waals surface area contributed by atoms with Gasteiger partial charge in [0.1, 0.15) is 5.82 Å². The molecule has 1 aromatic rings. The van der Waals surface area contributed by atoms with E-state index in [9.17, 15) is 4.39 Å². The van der Waals surface area contributed by atoms with Gasteiger partial charge in [-0.3, -0.25) is 0 Å². The molecule has 4 aliphatic rings. The Labute approximate surface area is 157 Å². The number of piperidine rings is 1. The van der Waals surface area contributed by atoms with Crippen molar-refractivity contribution in [3.05, 3.63) is 41.7 Å². The first-order chi connectivity index (χ1) is 12.7. The van der Waals surface area contributed by atoms with Crippen LogP contribution in [0.2, 0.25) is 0 Å².